The number of hydrogen-bond donors (Lipinski definition) is 2. The summed E-state index contributed by atoms with van der Waals surface area (Å²) < 4.78 is 1.92. The second-order valence-electron chi connectivity index (χ2n) is 3.03. The van der Waals surface area contributed by atoms with Gasteiger partial charge in [0.1, 0.15) is 5.69 Å². The molecule has 72 valence electrons. The van der Waals surface area contributed by atoms with Gasteiger partial charge in [0.05, 0.1) is 0 Å². The number of aromatic nitrogens is 1. The fourth-order valence-corrected chi connectivity index (χ4v) is 1.24. The van der Waals surface area contributed by atoms with Crippen LogP contribution in [0.25, 0.3) is 0 Å². The van der Waals surface area contributed by atoms with Crippen LogP contribution < -0.4 is 11.3 Å². The number of carbonyl (C=O) groups is 1. The summed E-state index contributed by atoms with van der Waals surface area (Å²) in [6.07, 6.45) is 2.87. The molecule has 0 saturated heterocycles. The number of nitrogens with two attached hydrogens (primary N) is 1. The Morgan fingerprint density at radius 2 is 2.46 bits per heavy atom. The highest BCUT2D eigenvalue weighted by atomic mass is 16.2. The van der Waals surface area contributed by atoms with Gasteiger partial charge in [-0.05, 0) is 25.5 Å². The van der Waals surface area contributed by atoms with Gasteiger partial charge in [0.25, 0.3) is 5.91 Å². The van der Waals surface area contributed by atoms with E-state index in [4.69, 9.17) is 5.84 Å². The summed E-state index contributed by atoms with van der Waals surface area (Å²) in [6.45, 7) is 4.14. The number of nitrogen functional groups attached to an aromatic ring is 1. The first kappa shape index (κ1) is 9.80. The lowest BCUT2D eigenvalue weighted by Crippen LogP contribution is -2.32. The molecule has 3 N–H and O–H groups in total. The van der Waals surface area contributed by atoms with Crippen LogP contribution in [0.15, 0.2) is 18.3 Å². The van der Waals surface area contributed by atoms with Crippen LogP contribution in [0, 0.1) is 0 Å². The van der Waals surface area contributed by atoms with Crippen LogP contribution >= 0.6 is 0 Å². The summed E-state index contributed by atoms with van der Waals surface area (Å²) in [7, 11) is 0. The molecule has 4 nitrogen and oxygen atoms in total. The maximum Gasteiger partial charge on any atom is 0.281 e. The van der Waals surface area contributed by atoms with E-state index >= 15 is 0 Å². The molecule has 0 aromatic carbocycles. The van der Waals surface area contributed by atoms with Gasteiger partial charge >= 0.3 is 0 Å². The molecule has 1 aromatic heterocycles. The van der Waals surface area contributed by atoms with Crippen molar-refractivity contribution in [3.05, 3.63) is 24.0 Å². The summed E-state index contributed by atoms with van der Waals surface area (Å²) in [6, 6.07) is 3.92. The highest BCUT2D eigenvalue weighted by Gasteiger charge is 2.11. The summed E-state index contributed by atoms with van der Waals surface area (Å²) in [5, 5.41) is 0. The number of nitrogens with zero attached hydrogens (tertiary/aromatic N) is 1. The zero-order valence-electron chi connectivity index (χ0n) is 7.95. The molecule has 4 heteroatoms. The van der Waals surface area contributed by atoms with Gasteiger partial charge in [0.2, 0.25) is 0 Å². The van der Waals surface area contributed by atoms with Crippen LogP contribution in [-0.2, 0) is 0 Å². The fraction of sp³-hybridized carbons (Fsp3) is 0.444. The Morgan fingerprint density at radius 3 is 3.00 bits per heavy atom. The van der Waals surface area contributed by atoms with Crippen LogP contribution in [0.3, 0.4) is 0 Å². The highest BCUT2D eigenvalue weighted by molar-refractivity contribution is 5.92. The largest absolute Gasteiger partial charge is 0.341 e. The molecule has 0 unspecified atom stereocenters. The summed E-state index contributed by atoms with van der Waals surface area (Å²) in [5.74, 6) is 4.82. The van der Waals surface area contributed by atoms with E-state index in [2.05, 4.69) is 19.3 Å². The molecule has 0 aliphatic carbocycles. The number of nitrogens with one attached hydrogen (secondary N) is 1. The maximum absolute atomic E-state index is 11.3. The van der Waals surface area contributed by atoms with Gasteiger partial charge in [0.15, 0.2) is 0 Å². The molecule has 0 aliphatic heterocycles. The topological polar surface area (TPSA) is 60.0 Å². The zero-order valence-corrected chi connectivity index (χ0v) is 7.95. The smallest absolute Gasteiger partial charge is 0.281 e. The predicted octanol–water partition coefficient (Wildman–Crippen LogP) is 1.06. The summed E-state index contributed by atoms with van der Waals surface area (Å²) in [4.78, 5) is 11.3. The quantitative estimate of drug-likeness (QED) is 0.416. The number of amides is 1. The second kappa shape index (κ2) is 4.09. The average molecular weight is 181 g/mol. The van der Waals surface area contributed by atoms with Crippen LogP contribution in [-0.4, -0.2) is 10.5 Å². The molecule has 13 heavy (non-hydrogen) atoms. The van der Waals surface area contributed by atoms with Gasteiger partial charge in [-0.25, -0.2) is 5.84 Å². The minimum Gasteiger partial charge on any atom is -0.341 e. The third-order valence-electron chi connectivity index (χ3n) is 2.21. The van der Waals surface area contributed by atoms with Crippen molar-refractivity contribution in [1.82, 2.24) is 9.99 Å². The summed E-state index contributed by atoms with van der Waals surface area (Å²) >= 11 is 0. The number of rotatable bonds is 3. The molecule has 0 bridgehead atoms. The van der Waals surface area contributed by atoms with E-state index in [-0.39, 0.29) is 5.91 Å². The third kappa shape index (κ3) is 1.89. The fourth-order valence-electron chi connectivity index (χ4n) is 1.24. The second-order valence-corrected chi connectivity index (χ2v) is 3.03. The molecule has 1 heterocycles. The molecule has 0 aliphatic rings. The van der Waals surface area contributed by atoms with E-state index in [1.54, 1.807) is 6.07 Å². The van der Waals surface area contributed by atoms with Crippen molar-refractivity contribution in [1.29, 1.82) is 0 Å². The van der Waals surface area contributed by atoms with Crippen molar-refractivity contribution in [3.63, 3.8) is 0 Å². The first-order chi connectivity index (χ1) is 6.20. The SMILES string of the molecule is CC[C@H](C)n1cccc1C(=O)NN. The summed E-state index contributed by atoms with van der Waals surface area (Å²) in [5.41, 5.74) is 2.74. The Morgan fingerprint density at radius 1 is 1.77 bits per heavy atom. The number of carbonyl (C=O) groups excluding carboxylic acids is 1. The lowest BCUT2D eigenvalue weighted by molar-refractivity contribution is 0.0942. The van der Waals surface area contributed by atoms with Crippen molar-refractivity contribution in [2.75, 3.05) is 0 Å². The normalized spacial score (nSPS) is 12.5. The van der Waals surface area contributed by atoms with E-state index in [0.29, 0.717) is 11.7 Å². The number of hydrazine groups is 1. The minimum atomic E-state index is -0.245. The lowest BCUT2D eigenvalue weighted by Gasteiger charge is -2.14. The van der Waals surface area contributed by atoms with Crippen LogP contribution in [0.2, 0.25) is 0 Å². The van der Waals surface area contributed by atoms with Crippen molar-refractivity contribution in [2.24, 2.45) is 5.84 Å². The molecule has 0 saturated carbocycles. The maximum atomic E-state index is 11.3. The van der Waals surface area contributed by atoms with E-state index in [0.717, 1.165) is 6.42 Å². The van der Waals surface area contributed by atoms with E-state index in [1.165, 1.54) is 0 Å². The lowest BCUT2D eigenvalue weighted by atomic mass is 10.2. The van der Waals surface area contributed by atoms with Gasteiger partial charge < -0.3 is 4.57 Å². The molecule has 0 spiro atoms. The monoisotopic (exact) mass is 181 g/mol. The van der Waals surface area contributed by atoms with Crippen LogP contribution in [0.5, 0.6) is 0 Å². The van der Waals surface area contributed by atoms with E-state index in [1.807, 2.05) is 16.8 Å². The average Bonchev–Trinajstić information content (AvgIpc) is 2.63. The molecule has 1 rings (SSSR count). The standard InChI is InChI=1S/C9H15N3O/c1-3-7(2)12-6-4-5-8(12)9(13)11-10/h4-7H,3,10H2,1-2H3,(H,11,13)/t7-/m0/s1. The third-order valence-corrected chi connectivity index (χ3v) is 2.21. The molecule has 1 atom stereocenters. The number of hydrogen-bond acceptors (Lipinski definition) is 2. The van der Waals surface area contributed by atoms with Gasteiger partial charge in [-0.2, -0.15) is 0 Å². The van der Waals surface area contributed by atoms with Crippen LogP contribution in [0.4, 0.5) is 0 Å². The molecule has 1 amide bonds. The Kier molecular flexibility index (Phi) is 3.08. The van der Waals surface area contributed by atoms with Crippen molar-refractivity contribution in [3.8, 4) is 0 Å². The Bertz CT molecular complexity index is 293. The van der Waals surface area contributed by atoms with Gasteiger partial charge in [-0.3, -0.25) is 10.2 Å². The molecule has 1 aromatic rings. The van der Waals surface area contributed by atoms with Crippen molar-refractivity contribution < 1.29 is 4.79 Å². The minimum absolute atomic E-state index is 0.245. The predicted molar refractivity (Wildman–Crippen MR) is 51.1 cm³/mol. The Labute approximate surface area is 77.7 Å². The zero-order chi connectivity index (χ0) is 9.84. The van der Waals surface area contributed by atoms with Gasteiger partial charge in [-0.15, -0.1) is 0 Å². The molecular weight excluding hydrogens is 166 g/mol. The van der Waals surface area contributed by atoms with Crippen molar-refractivity contribution >= 4 is 5.91 Å². The van der Waals surface area contributed by atoms with E-state index in [9.17, 15) is 4.79 Å². The Balaban J connectivity index is 2.95. The van der Waals surface area contributed by atoms with Gasteiger partial charge in [0, 0.05) is 12.2 Å². The molecular formula is C9H15N3O. The first-order valence-electron chi connectivity index (χ1n) is 4.38. The molecule has 0 fully saturated rings. The van der Waals surface area contributed by atoms with Crippen LogP contribution in [0.1, 0.15) is 36.8 Å². The van der Waals surface area contributed by atoms with E-state index < -0.39 is 0 Å². The Hall–Kier alpha value is -1.29. The molecule has 0 radical (unpaired) electrons. The highest BCUT2D eigenvalue weighted by Crippen LogP contribution is 2.14. The van der Waals surface area contributed by atoms with Crippen molar-refractivity contribution in [2.45, 2.75) is 26.3 Å². The van der Waals surface area contributed by atoms with Gasteiger partial charge in [-0.1, -0.05) is 6.92 Å². The first-order valence-corrected chi connectivity index (χ1v) is 4.38.